The van der Waals surface area contributed by atoms with Crippen molar-refractivity contribution in [2.45, 2.75) is 25.4 Å². The van der Waals surface area contributed by atoms with Gasteiger partial charge in [0.2, 0.25) is 0 Å². The van der Waals surface area contributed by atoms with Gasteiger partial charge in [-0.1, -0.05) is 0 Å². The lowest BCUT2D eigenvalue weighted by molar-refractivity contribution is 0.143. The third kappa shape index (κ3) is 3.56. The largest absolute Gasteiger partial charge is 0.329 e. The highest BCUT2D eigenvalue weighted by atomic mass is 19.2. The first-order valence-electron chi connectivity index (χ1n) is 7.22. The van der Waals surface area contributed by atoms with E-state index < -0.39 is 23.5 Å². The first-order valence-corrected chi connectivity index (χ1v) is 7.22. The third-order valence-corrected chi connectivity index (χ3v) is 4.12. The van der Waals surface area contributed by atoms with Crippen LogP contribution in [0.4, 0.5) is 13.2 Å². The molecule has 6 heteroatoms. The van der Waals surface area contributed by atoms with Crippen LogP contribution in [0.5, 0.6) is 0 Å². The molecule has 0 radical (unpaired) electrons. The van der Waals surface area contributed by atoms with Crippen LogP contribution in [-0.2, 0) is 0 Å². The molecule has 2 atom stereocenters. The van der Waals surface area contributed by atoms with E-state index in [1.54, 1.807) is 0 Å². The topological polar surface area (TPSA) is 32.5 Å². The molecule has 1 aliphatic heterocycles. The zero-order valence-electron chi connectivity index (χ0n) is 12.5. The van der Waals surface area contributed by atoms with Crippen LogP contribution >= 0.6 is 0 Å². The summed E-state index contributed by atoms with van der Waals surface area (Å²) in [7, 11) is 2.04. The van der Waals surface area contributed by atoms with Crippen molar-refractivity contribution in [3.8, 4) is 0 Å². The standard InChI is InChI=1S/C15H22F3N3/c1-10-9-20(2)4-3-5-21(10)15(8-19)11-6-13(17)14(18)7-12(11)16/h6-7,10,15H,3-5,8-9,19H2,1-2H3. The summed E-state index contributed by atoms with van der Waals surface area (Å²) in [5, 5.41) is 0. The van der Waals surface area contributed by atoms with Gasteiger partial charge >= 0.3 is 0 Å². The minimum Gasteiger partial charge on any atom is -0.329 e. The highest BCUT2D eigenvalue weighted by Gasteiger charge is 2.29. The normalized spacial score (nSPS) is 23.0. The Labute approximate surface area is 123 Å². The molecule has 0 bridgehead atoms. The summed E-state index contributed by atoms with van der Waals surface area (Å²) >= 11 is 0. The third-order valence-electron chi connectivity index (χ3n) is 4.12. The molecule has 3 nitrogen and oxygen atoms in total. The Hall–Kier alpha value is -1.11. The van der Waals surface area contributed by atoms with E-state index >= 15 is 0 Å². The van der Waals surface area contributed by atoms with Crippen molar-refractivity contribution in [2.75, 3.05) is 33.2 Å². The number of nitrogens with zero attached hydrogens (tertiary/aromatic N) is 2. The van der Waals surface area contributed by atoms with Gasteiger partial charge in [0.15, 0.2) is 11.6 Å². The van der Waals surface area contributed by atoms with Crippen LogP contribution in [0.15, 0.2) is 12.1 Å². The highest BCUT2D eigenvalue weighted by Crippen LogP contribution is 2.28. The second kappa shape index (κ2) is 6.77. The molecule has 0 aromatic heterocycles. The van der Waals surface area contributed by atoms with Gasteiger partial charge in [0.05, 0.1) is 6.04 Å². The van der Waals surface area contributed by atoms with E-state index in [9.17, 15) is 13.2 Å². The molecule has 2 unspecified atom stereocenters. The molecule has 21 heavy (non-hydrogen) atoms. The summed E-state index contributed by atoms with van der Waals surface area (Å²) in [6.45, 7) is 4.75. The summed E-state index contributed by atoms with van der Waals surface area (Å²) < 4.78 is 40.6. The Morgan fingerprint density at radius 3 is 2.52 bits per heavy atom. The van der Waals surface area contributed by atoms with Gasteiger partial charge in [-0.3, -0.25) is 4.90 Å². The van der Waals surface area contributed by atoms with Crippen molar-refractivity contribution >= 4 is 0 Å². The number of benzene rings is 1. The van der Waals surface area contributed by atoms with Crippen LogP contribution in [0.2, 0.25) is 0 Å². The molecule has 0 amide bonds. The number of nitrogens with two attached hydrogens (primary N) is 1. The van der Waals surface area contributed by atoms with Crippen LogP contribution in [0, 0.1) is 17.5 Å². The van der Waals surface area contributed by atoms with Crippen LogP contribution in [0.25, 0.3) is 0 Å². The minimum absolute atomic E-state index is 0.132. The molecule has 0 saturated carbocycles. The maximum absolute atomic E-state index is 14.0. The fourth-order valence-electron chi connectivity index (χ4n) is 3.09. The van der Waals surface area contributed by atoms with Crippen LogP contribution < -0.4 is 5.73 Å². The van der Waals surface area contributed by atoms with Crippen LogP contribution in [-0.4, -0.2) is 49.1 Å². The zero-order valence-corrected chi connectivity index (χ0v) is 12.5. The number of rotatable bonds is 3. The van der Waals surface area contributed by atoms with E-state index in [0.717, 1.165) is 32.1 Å². The molecule has 2 N–H and O–H groups in total. The summed E-state index contributed by atoms with van der Waals surface area (Å²) in [5.74, 6) is -2.95. The maximum atomic E-state index is 14.0. The van der Waals surface area contributed by atoms with Crippen molar-refractivity contribution in [3.63, 3.8) is 0 Å². The number of halogens is 3. The van der Waals surface area contributed by atoms with Gasteiger partial charge in [-0.15, -0.1) is 0 Å². The molecule has 1 aromatic carbocycles. The number of hydrogen-bond donors (Lipinski definition) is 1. The van der Waals surface area contributed by atoms with E-state index in [4.69, 9.17) is 5.73 Å². The smallest absolute Gasteiger partial charge is 0.161 e. The molecule has 118 valence electrons. The van der Waals surface area contributed by atoms with E-state index in [-0.39, 0.29) is 18.2 Å². The summed E-state index contributed by atoms with van der Waals surface area (Å²) in [6, 6.07) is 1.26. The molecule has 1 saturated heterocycles. The second-order valence-electron chi connectivity index (χ2n) is 5.74. The van der Waals surface area contributed by atoms with Gasteiger partial charge in [0.25, 0.3) is 0 Å². The first-order chi connectivity index (χ1) is 9.93. The molecule has 2 rings (SSSR count). The van der Waals surface area contributed by atoms with E-state index in [0.29, 0.717) is 6.07 Å². The maximum Gasteiger partial charge on any atom is 0.161 e. The SMILES string of the molecule is CC1CN(C)CCCN1C(CN)c1cc(F)c(F)cc1F. The van der Waals surface area contributed by atoms with Crippen molar-refractivity contribution in [2.24, 2.45) is 5.73 Å². The lowest BCUT2D eigenvalue weighted by Gasteiger charge is -2.35. The molecule has 0 spiro atoms. The lowest BCUT2D eigenvalue weighted by Crippen LogP contribution is -2.43. The predicted molar refractivity (Wildman–Crippen MR) is 76.4 cm³/mol. The monoisotopic (exact) mass is 301 g/mol. The van der Waals surface area contributed by atoms with Crippen molar-refractivity contribution < 1.29 is 13.2 Å². The number of likely N-dealkylation sites (N-methyl/N-ethyl adjacent to an activating group) is 1. The Balaban J connectivity index is 2.32. The predicted octanol–water partition coefficient (Wildman–Crippen LogP) is 2.13. The fraction of sp³-hybridized carbons (Fsp3) is 0.600. The molecular formula is C15H22F3N3. The zero-order chi connectivity index (χ0) is 15.6. The molecule has 1 aromatic rings. The number of hydrogen-bond acceptors (Lipinski definition) is 3. The fourth-order valence-corrected chi connectivity index (χ4v) is 3.09. The van der Waals surface area contributed by atoms with E-state index in [2.05, 4.69) is 9.80 Å². The van der Waals surface area contributed by atoms with Gasteiger partial charge in [-0.2, -0.15) is 0 Å². The second-order valence-corrected chi connectivity index (χ2v) is 5.74. The Kier molecular flexibility index (Phi) is 5.24. The molecule has 1 heterocycles. The Morgan fingerprint density at radius 1 is 1.19 bits per heavy atom. The molecular weight excluding hydrogens is 279 g/mol. The average Bonchev–Trinajstić information content (AvgIpc) is 2.58. The Bertz CT molecular complexity index is 495. The van der Waals surface area contributed by atoms with Crippen molar-refractivity contribution in [3.05, 3.63) is 35.1 Å². The quantitative estimate of drug-likeness (QED) is 0.868. The van der Waals surface area contributed by atoms with Crippen molar-refractivity contribution in [1.82, 2.24) is 9.80 Å². The Morgan fingerprint density at radius 2 is 1.86 bits per heavy atom. The van der Waals surface area contributed by atoms with E-state index in [1.165, 1.54) is 0 Å². The lowest BCUT2D eigenvalue weighted by atomic mass is 10.0. The van der Waals surface area contributed by atoms with Gasteiger partial charge < -0.3 is 10.6 Å². The van der Waals surface area contributed by atoms with Gasteiger partial charge in [0, 0.05) is 37.3 Å². The summed E-state index contributed by atoms with van der Waals surface area (Å²) in [4.78, 5) is 4.29. The molecule has 0 aliphatic carbocycles. The first kappa shape index (κ1) is 16.3. The van der Waals surface area contributed by atoms with Gasteiger partial charge in [-0.05, 0) is 33.0 Å². The highest BCUT2D eigenvalue weighted by molar-refractivity contribution is 5.24. The van der Waals surface area contributed by atoms with Gasteiger partial charge in [-0.25, -0.2) is 13.2 Å². The van der Waals surface area contributed by atoms with E-state index in [1.807, 2.05) is 14.0 Å². The minimum atomic E-state index is -1.17. The van der Waals surface area contributed by atoms with Crippen molar-refractivity contribution in [1.29, 1.82) is 0 Å². The van der Waals surface area contributed by atoms with Gasteiger partial charge in [0.1, 0.15) is 5.82 Å². The molecule has 1 aliphatic rings. The van der Waals surface area contributed by atoms with Crippen LogP contribution in [0.3, 0.4) is 0 Å². The van der Waals surface area contributed by atoms with Crippen LogP contribution in [0.1, 0.15) is 24.9 Å². The molecule has 1 fully saturated rings. The summed E-state index contributed by atoms with van der Waals surface area (Å²) in [6.07, 6.45) is 0.933. The average molecular weight is 301 g/mol. The summed E-state index contributed by atoms with van der Waals surface area (Å²) in [5.41, 5.74) is 5.93.